The number of ether oxygens (including phenoxy) is 1. The van der Waals surface area contributed by atoms with Crippen LogP contribution in [0.15, 0.2) is 18.3 Å². The number of benzene rings is 1. The quantitative estimate of drug-likeness (QED) is 0.500. The Kier molecular flexibility index (Phi) is 8.13. The molecule has 1 aromatic heterocycles. The zero-order valence-electron chi connectivity index (χ0n) is 19.6. The molecule has 3 rings (SSSR count). The van der Waals surface area contributed by atoms with Crippen molar-refractivity contribution in [3.8, 4) is 5.75 Å². The molecular formula is C23H27F4N5O3. The van der Waals surface area contributed by atoms with E-state index in [-0.39, 0.29) is 52.9 Å². The number of halogens is 4. The summed E-state index contributed by atoms with van der Waals surface area (Å²) in [6.07, 6.45) is -0.968. The van der Waals surface area contributed by atoms with Crippen LogP contribution in [0.3, 0.4) is 0 Å². The number of hydrogen-bond donors (Lipinski definition) is 3. The molecule has 0 aliphatic heterocycles. The van der Waals surface area contributed by atoms with Gasteiger partial charge in [0.05, 0.1) is 29.6 Å². The zero-order chi connectivity index (χ0) is 25.8. The molecule has 1 heterocycles. The Balaban J connectivity index is 1.95. The number of methoxy groups -OCH3 is 1. The van der Waals surface area contributed by atoms with Crippen molar-refractivity contribution in [2.24, 2.45) is 5.92 Å². The number of amides is 2. The average molecular weight is 497 g/mol. The Morgan fingerprint density at radius 1 is 1.20 bits per heavy atom. The van der Waals surface area contributed by atoms with E-state index in [1.807, 2.05) is 0 Å². The van der Waals surface area contributed by atoms with Gasteiger partial charge in [-0.2, -0.15) is 13.2 Å². The highest BCUT2D eigenvalue weighted by Crippen LogP contribution is 2.36. The zero-order valence-corrected chi connectivity index (χ0v) is 19.6. The summed E-state index contributed by atoms with van der Waals surface area (Å²) >= 11 is 0. The molecule has 0 radical (unpaired) electrons. The standard InChI is InChI=1S/C23H27F4N5O3/c1-12(33)30-17-7-5-4-6-13(17)8-18-15(23(25,26)27)11-29-22(31-18)32-19-10-16(24)14(21(34)28-2)9-20(19)35-3/h9-11,13,17H,4-8H2,1-3H3,(H,28,34)(H,30,33)(H,29,31,32)/t13-,17+/m0/s1. The van der Waals surface area contributed by atoms with Crippen LogP contribution < -0.4 is 20.7 Å². The minimum absolute atomic E-state index is 0.0158. The normalized spacial score (nSPS) is 18.0. The van der Waals surface area contributed by atoms with Crippen LogP contribution in [0.2, 0.25) is 0 Å². The van der Waals surface area contributed by atoms with Gasteiger partial charge in [0.2, 0.25) is 11.9 Å². The molecule has 1 aliphatic rings. The van der Waals surface area contributed by atoms with E-state index in [0.717, 1.165) is 18.9 Å². The van der Waals surface area contributed by atoms with E-state index < -0.39 is 23.5 Å². The molecule has 2 aromatic rings. The fraction of sp³-hybridized carbons (Fsp3) is 0.478. The fourth-order valence-corrected chi connectivity index (χ4v) is 4.27. The van der Waals surface area contributed by atoms with E-state index in [9.17, 15) is 27.2 Å². The van der Waals surface area contributed by atoms with Crippen LogP contribution in [0.25, 0.3) is 0 Å². The van der Waals surface area contributed by atoms with Crippen LogP contribution in [0.5, 0.6) is 5.75 Å². The maximum absolute atomic E-state index is 14.5. The summed E-state index contributed by atoms with van der Waals surface area (Å²) in [5.74, 6) is -2.10. The van der Waals surface area contributed by atoms with Crippen molar-refractivity contribution in [2.45, 2.75) is 51.2 Å². The van der Waals surface area contributed by atoms with E-state index in [1.54, 1.807) is 0 Å². The predicted molar refractivity (Wildman–Crippen MR) is 120 cm³/mol. The molecule has 2 atom stereocenters. The molecule has 1 saturated carbocycles. The van der Waals surface area contributed by atoms with Crippen LogP contribution in [-0.4, -0.2) is 42.0 Å². The Labute approximate surface area is 199 Å². The number of aromatic nitrogens is 2. The number of anilines is 2. The molecule has 8 nitrogen and oxygen atoms in total. The number of carbonyl (C=O) groups is 2. The van der Waals surface area contributed by atoms with Crippen molar-refractivity contribution in [3.05, 3.63) is 41.0 Å². The van der Waals surface area contributed by atoms with Gasteiger partial charge in [-0.05, 0) is 31.2 Å². The van der Waals surface area contributed by atoms with Crippen molar-refractivity contribution in [1.82, 2.24) is 20.6 Å². The fourth-order valence-electron chi connectivity index (χ4n) is 4.27. The molecule has 1 aromatic carbocycles. The third-order valence-electron chi connectivity index (χ3n) is 5.93. The van der Waals surface area contributed by atoms with E-state index >= 15 is 0 Å². The summed E-state index contributed by atoms with van der Waals surface area (Å²) in [6.45, 7) is 1.38. The van der Waals surface area contributed by atoms with Crippen molar-refractivity contribution in [2.75, 3.05) is 19.5 Å². The van der Waals surface area contributed by atoms with Gasteiger partial charge in [-0.3, -0.25) is 9.59 Å². The topological polar surface area (TPSA) is 105 Å². The lowest BCUT2D eigenvalue weighted by atomic mass is 9.81. The molecular weight excluding hydrogens is 470 g/mol. The van der Waals surface area contributed by atoms with Gasteiger partial charge in [0, 0.05) is 32.3 Å². The molecule has 12 heteroatoms. The molecule has 0 spiro atoms. The van der Waals surface area contributed by atoms with Gasteiger partial charge in [-0.15, -0.1) is 0 Å². The summed E-state index contributed by atoms with van der Waals surface area (Å²) in [4.78, 5) is 31.3. The smallest absolute Gasteiger partial charge is 0.419 e. The van der Waals surface area contributed by atoms with Gasteiger partial charge < -0.3 is 20.7 Å². The first-order valence-electron chi connectivity index (χ1n) is 11.1. The summed E-state index contributed by atoms with van der Waals surface area (Å²) in [6, 6.07) is 1.90. The van der Waals surface area contributed by atoms with E-state index in [0.29, 0.717) is 19.0 Å². The first-order chi connectivity index (χ1) is 16.5. The van der Waals surface area contributed by atoms with Gasteiger partial charge in [-0.25, -0.2) is 14.4 Å². The van der Waals surface area contributed by atoms with Crippen LogP contribution in [0.4, 0.5) is 29.2 Å². The Hall–Kier alpha value is -3.44. The molecule has 1 aliphatic carbocycles. The second kappa shape index (κ2) is 10.9. The van der Waals surface area contributed by atoms with E-state index in [4.69, 9.17) is 4.74 Å². The lowest BCUT2D eigenvalue weighted by Crippen LogP contribution is -2.42. The molecule has 35 heavy (non-hydrogen) atoms. The van der Waals surface area contributed by atoms with Gasteiger partial charge in [-0.1, -0.05) is 12.8 Å². The van der Waals surface area contributed by atoms with Crippen LogP contribution in [-0.2, 0) is 17.4 Å². The van der Waals surface area contributed by atoms with Crippen molar-refractivity contribution in [3.63, 3.8) is 0 Å². The van der Waals surface area contributed by atoms with Crippen LogP contribution in [0, 0.1) is 11.7 Å². The van der Waals surface area contributed by atoms with Crippen molar-refractivity contribution in [1.29, 1.82) is 0 Å². The number of alkyl halides is 3. The summed E-state index contributed by atoms with van der Waals surface area (Å²) in [7, 11) is 2.65. The first-order valence-corrected chi connectivity index (χ1v) is 11.1. The van der Waals surface area contributed by atoms with Gasteiger partial charge >= 0.3 is 6.18 Å². The minimum Gasteiger partial charge on any atom is -0.495 e. The SMILES string of the molecule is CNC(=O)c1cc(OC)c(Nc2ncc(C(F)(F)F)c(C[C@@H]3CCCC[C@H]3NC(C)=O)n2)cc1F. The Morgan fingerprint density at radius 3 is 2.54 bits per heavy atom. The molecule has 3 N–H and O–H groups in total. The first kappa shape index (κ1) is 26.2. The summed E-state index contributed by atoms with van der Waals surface area (Å²) < 4.78 is 60.8. The van der Waals surface area contributed by atoms with Crippen molar-refractivity contribution >= 4 is 23.5 Å². The second-order valence-electron chi connectivity index (χ2n) is 8.34. The molecule has 0 unspecified atom stereocenters. The second-order valence-corrected chi connectivity index (χ2v) is 8.34. The number of hydrogen-bond acceptors (Lipinski definition) is 6. The van der Waals surface area contributed by atoms with Gasteiger partial charge in [0.15, 0.2) is 0 Å². The van der Waals surface area contributed by atoms with Crippen LogP contribution in [0.1, 0.15) is 54.2 Å². The van der Waals surface area contributed by atoms with Gasteiger partial charge in [0.25, 0.3) is 5.91 Å². The number of nitrogens with one attached hydrogen (secondary N) is 3. The lowest BCUT2D eigenvalue weighted by molar-refractivity contribution is -0.139. The van der Waals surface area contributed by atoms with Crippen molar-refractivity contribution < 1.29 is 31.9 Å². The number of rotatable bonds is 7. The minimum atomic E-state index is -4.68. The Bertz CT molecular complexity index is 1090. The third-order valence-corrected chi connectivity index (χ3v) is 5.93. The lowest BCUT2D eigenvalue weighted by Gasteiger charge is -2.32. The highest BCUT2D eigenvalue weighted by molar-refractivity contribution is 5.95. The van der Waals surface area contributed by atoms with E-state index in [1.165, 1.54) is 27.1 Å². The molecule has 0 bridgehead atoms. The van der Waals surface area contributed by atoms with E-state index in [2.05, 4.69) is 25.9 Å². The Morgan fingerprint density at radius 2 is 1.91 bits per heavy atom. The monoisotopic (exact) mass is 497 g/mol. The summed E-state index contributed by atoms with van der Waals surface area (Å²) in [5.41, 5.74) is -1.41. The molecule has 1 fully saturated rings. The average Bonchev–Trinajstić information content (AvgIpc) is 2.79. The highest BCUT2D eigenvalue weighted by atomic mass is 19.4. The highest BCUT2D eigenvalue weighted by Gasteiger charge is 2.37. The number of carbonyl (C=O) groups excluding carboxylic acids is 2. The maximum atomic E-state index is 14.5. The third kappa shape index (κ3) is 6.37. The van der Waals surface area contributed by atoms with Crippen LogP contribution >= 0.6 is 0 Å². The predicted octanol–water partition coefficient (Wildman–Crippen LogP) is 3.98. The summed E-state index contributed by atoms with van der Waals surface area (Å²) in [5, 5.41) is 7.84. The molecule has 190 valence electrons. The number of nitrogens with zero attached hydrogens (tertiary/aromatic N) is 2. The molecule has 2 amide bonds. The maximum Gasteiger partial charge on any atom is 0.419 e. The largest absolute Gasteiger partial charge is 0.495 e. The molecule has 0 saturated heterocycles. The van der Waals surface area contributed by atoms with Gasteiger partial charge in [0.1, 0.15) is 11.6 Å².